The maximum absolute atomic E-state index is 5.43. The van der Waals surface area contributed by atoms with Crippen molar-refractivity contribution in [2.75, 3.05) is 33.4 Å². The van der Waals surface area contributed by atoms with Crippen molar-refractivity contribution in [2.24, 2.45) is 0 Å². The highest BCUT2D eigenvalue weighted by molar-refractivity contribution is 5.39. The molecule has 0 N–H and O–H groups in total. The normalized spacial score (nSPS) is 18.3. The van der Waals surface area contributed by atoms with Crippen LogP contribution in [0, 0.1) is 11.8 Å². The predicted molar refractivity (Wildman–Crippen MR) is 92.5 cm³/mol. The van der Waals surface area contributed by atoms with Gasteiger partial charge < -0.3 is 9.47 Å². The molecule has 1 fully saturated rings. The molecule has 2 atom stereocenters. The number of morpholine rings is 1. The summed E-state index contributed by atoms with van der Waals surface area (Å²) in [4.78, 5) is 6.96. The second-order valence-electron chi connectivity index (χ2n) is 6.32. The van der Waals surface area contributed by atoms with Crippen molar-refractivity contribution < 1.29 is 9.47 Å². The summed E-state index contributed by atoms with van der Waals surface area (Å²) < 4.78 is 10.8. The number of aromatic nitrogens is 1. The Morgan fingerprint density at radius 3 is 2.52 bits per heavy atom. The molecule has 1 aliphatic heterocycles. The van der Waals surface area contributed by atoms with E-state index in [1.54, 1.807) is 7.11 Å². The van der Waals surface area contributed by atoms with Crippen LogP contribution in [0.4, 0.5) is 0 Å². The Labute approximate surface area is 140 Å². The van der Waals surface area contributed by atoms with E-state index in [4.69, 9.17) is 9.47 Å². The average molecular weight is 316 g/mol. The van der Waals surface area contributed by atoms with Gasteiger partial charge in [0, 0.05) is 32.0 Å². The molecule has 1 aromatic rings. The molecule has 0 unspecified atom stereocenters. The van der Waals surface area contributed by atoms with E-state index in [-0.39, 0.29) is 12.1 Å². The molecular formula is C19H28N2O2. The van der Waals surface area contributed by atoms with Crippen LogP contribution in [0.5, 0.6) is 0 Å². The molecule has 0 spiro atoms. The fourth-order valence-electron chi connectivity index (χ4n) is 2.72. The minimum absolute atomic E-state index is 0.00156. The van der Waals surface area contributed by atoms with Gasteiger partial charge in [0.15, 0.2) is 0 Å². The van der Waals surface area contributed by atoms with Gasteiger partial charge in [-0.15, -0.1) is 0 Å². The van der Waals surface area contributed by atoms with E-state index < -0.39 is 0 Å². The third kappa shape index (κ3) is 4.78. The Hall–Kier alpha value is -1.41. The Morgan fingerprint density at radius 1 is 1.22 bits per heavy atom. The topological polar surface area (TPSA) is 34.6 Å². The molecule has 1 aliphatic rings. The molecule has 1 saturated heterocycles. The van der Waals surface area contributed by atoms with E-state index >= 15 is 0 Å². The van der Waals surface area contributed by atoms with E-state index in [0.29, 0.717) is 5.92 Å². The number of hydrogen-bond acceptors (Lipinski definition) is 4. The minimum atomic E-state index is 0.00156. The first-order valence-corrected chi connectivity index (χ1v) is 8.39. The monoisotopic (exact) mass is 316 g/mol. The van der Waals surface area contributed by atoms with Crippen molar-refractivity contribution in [3.05, 3.63) is 29.1 Å². The maximum atomic E-state index is 5.43. The van der Waals surface area contributed by atoms with Gasteiger partial charge in [-0.25, -0.2) is 0 Å². The van der Waals surface area contributed by atoms with Crippen molar-refractivity contribution in [3.8, 4) is 11.8 Å². The fourth-order valence-corrected chi connectivity index (χ4v) is 2.72. The summed E-state index contributed by atoms with van der Waals surface area (Å²) in [6.45, 7) is 12.0. The van der Waals surface area contributed by atoms with Gasteiger partial charge in [-0.1, -0.05) is 25.7 Å². The molecule has 23 heavy (non-hydrogen) atoms. The highest BCUT2D eigenvalue weighted by Crippen LogP contribution is 2.25. The largest absolute Gasteiger partial charge is 0.379 e. The molecule has 4 heteroatoms. The molecule has 2 rings (SSSR count). The predicted octanol–water partition coefficient (Wildman–Crippen LogP) is 2.98. The molecule has 2 heterocycles. The van der Waals surface area contributed by atoms with Crippen LogP contribution in [0.25, 0.3) is 0 Å². The second-order valence-corrected chi connectivity index (χ2v) is 6.32. The van der Waals surface area contributed by atoms with Crippen molar-refractivity contribution >= 4 is 0 Å². The van der Waals surface area contributed by atoms with Gasteiger partial charge in [0.2, 0.25) is 0 Å². The molecule has 0 bridgehead atoms. The molecule has 126 valence electrons. The number of rotatable bonds is 4. The molecule has 0 aromatic carbocycles. The third-order valence-corrected chi connectivity index (χ3v) is 4.33. The average Bonchev–Trinajstić information content (AvgIpc) is 2.59. The standard InChI is InChI=1S/C19H28N2O2/c1-14(2)18-12-17(13-20-19(18)16(4)22-5)7-6-15(3)21-8-10-23-11-9-21/h12-16H,8-11H2,1-5H3/t15-,16+/m1/s1. The second kappa shape index (κ2) is 8.44. The van der Waals surface area contributed by atoms with Crippen LogP contribution in [0.15, 0.2) is 12.3 Å². The third-order valence-electron chi connectivity index (χ3n) is 4.33. The van der Waals surface area contributed by atoms with Crippen LogP contribution in [0.2, 0.25) is 0 Å². The van der Waals surface area contributed by atoms with Crippen molar-refractivity contribution in [3.63, 3.8) is 0 Å². The van der Waals surface area contributed by atoms with Gasteiger partial charge in [0.05, 0.1) is 31.1 Å². The Balaban J connectivity index is 2.17. The quantitative estimate of drug-likeness (QED) is 0.800. The molecule has 4 nitrogen and oxygen atoms in total. The zero-order valence-electron chi connectivity index (χ0n) is 14.9. The summed E-state index contributed by atoms with van der Waals surface area (Å²) in [6.07, 6.45) is 1.86. The van der Waals surface area contributed by atoms with Gasteiger partial charge in [0.25, 0.3) is 0 Å². The first kappa shape index (κ1) is 17.9. The first-order valence-electron chi connectivity index (χ1n) is 8.39. The number of nitrogens with zero attached hydrogens (tertiary/aromatic N) is 2. The number of methoxy groups -OCH3 is 1. The van der Waals surface area contributed by atoms with E-state index in [9.17, 15) is 0 Å². The van der Waals surface area contributed by atoms with Gasteiger partial charge >= 0.3 is 0 Å². The highest BCUT2D eigenvalue weighted by Gasteiger charge is 2.16. The Kier molecular flexibility index (Phi) is 6.59. The van der Waals surface area contributed by atoms with Gasteiger partial charge in [-0.2, -0.15) is 0 Å². The van der Waals surface area contributed by atoms with Gasteiger partial charge in [0.1, 0.15) is 0 Å². The van der Waals surface area contributed by atoms with Crippen LogP contribution < -0.4 is 0 Å². The molecule has 0 saturated carbocycles. The Morgan fingerprint density at radius 2 is 1.91 bits per heavy atom. The summed E-state index contributed by atoms with van der Waals surface area (Å²) in [5.41, 5.74) is 3.19. The van der Waals surface area contributed by atoms with Crippen LogP contribution in [0.1, 0.15) is 56.5 Å². The molecule has 0 radical (unpaired) electrons. The highest BCUT2D eigenvalue weighted by atomic mass is 16.5. The molecule has 0 amide bonds. The van der Waals surface area contributed by atoms with Crippen LogP contribution >= 0.6 is 0 Å². The zero-order valence-corrected chi connectivity index (χ0v) is 14.9. The summed E-state index contributed by atoms with van der Waals surface area (Å²) in [6, 6.07) is 2.39. The zero-order chi connectivity index (χ0) is 16.8. The lowest BCUT2D eigenvalue weighted by atomic mass is 9.97. The Bertz CT molecular complexity index is 568. The van der Waals surface area contributed by atoms with Gasteiger partial charge in [-0.3, -0.25) is 9.88 Å². The van der Waals surface area contributed by atoms with E-state index in [1.165, 1.54) is 5.56 Å². The minimum Gasteiger partial charge on any atom is -0.379 e. The lowest BCUT2D eigenvalue weighted by Gasteiger charge is -2.29. The smallest absolute Gasteiger partial charge is 0.0965 e. The lowest BCUT2D eigenvalue weighted by Crippen LogP contribution is -2.41. The van der Waals surface area contributed by atoms with Crippen molar-refractivity contribution in [2.45, 2.75) is 45.8 Å². The molecule has 0 aliphatic carbocycles. The lowest BCUT2D eigenvalue weighted by molar-refractivity contribution is 0.0302. The summed E-state index contributed by atoms with van der Waals surface area (Å²) in [5, 5.41) is 0. The van der Waals surface area contributed by atoms with Crippen LogP contribution in [0.3, 0.4) is 0 Å². The van der Waals surface area contributed by atoms with Gasteiger partial charge in [-0.05, 0) is 31.4 Å². The molecular weight excluding hydrogens is 288 g/mol. The number of pyridine rings is 1. The van der Waals surface area contributed by atoms with Crippen LogP contribution in [-0.4, -0.2) is 49.3 Å². The fraction of sp³-hybridized carbons (Fsp3) is 0.632. The van der Waals surface area contributed by atoms with Crippen molar-refractivity contribution in [1.29, 1.82) is 0 Å². The van der Waals surface area contributed by atoms with E-state index in [2.05, 4.69) is 48.6 Å². The first-order chi connectivity index (χ1) is 11.0. The number of ether oxygens (including phenoxy) is 2. The van der Waals surface area contributed by atoms with E-state index in [1.807, 2.05) is 13.1 Å². The summed E-state index contributed by atoms with van der Waals surface area (Å²) >= 11 is 0. The van der Waals surface area contributed by atoms with Crippen molar-refractivity contribution in [1.82, 2.24) is 9.88 Å². The maximum Gasteiger partial charge on any atom is 0.0965 e. The summed E-state index contributed by atoms with van der Waals surface area (Å²) in [5.74, 6) is 7.03. The van der Waals surface area contributed by atoms with E-state index in [0.717, 1.165) is 37.6 Å². The molecule has 1 aromatic heterocycles. The summed E-state index contributed by atoms with van der Waals surface area (Å²) in [7, 11) is 1.72. The van der Waals surface area contributed by atoms with Crippen LogP contribution in [-0.2, 0) is 9.47 Å². The number of hydrogen-bond donors (Lipinski definition) is 0. The SMILES string of the molecule is CO[C@@H](C)c1ncc(C#C[C@@H](C)N2CCOCC2)cc1C(C)C.